The van der Waals surface area contributed by atoms with E-state index in [1.165, 1.54) is 37.1 Å². The Morgan fingerprint density at radius 1 is 0.933 bits per heavy atom. The van der Waals surface area contributed by atoms with Crippen LogP contribution in [0.1, 0.15) is 24.0 Å². The predicted molar refractivity (Wildman–Crippen MR) is 122 cm³/mol. The van der Waals surface area contributed by atoms with Crippen molar-refractivity contribution in [3.05, 3.63) is 53.6 Å². The SMILES string of the molecule is COc1ccc(CCN2CCCC(CN(C)Cc3ccc(OC)c(OC)c3)C2)cc1. The predicted octanol–water partition coefficient (Wildman–Crippen LogP) is 4.10. The molecule has 0 radical (unpaired) electrons. The number of hydrogen-bond donors (Lipinski definition) is 0. The van der Waals surface area contributed by atoms with Gasteiger partial charge in [0.25, 0.3) is 0 Å². The molecule has 30 heavy (non-hydrogen) atoms. The largest absolute Gasteiger partial charge is 0.497 e. The number of ether oxygens (including phenoxy) is 3. The van der Waals surface area contributed by atoms with Gasteiger partial charge in [-0.15, -0.1) is 0 Å². The molecular formula is C25H36N2O3. The third-order valence-corrected chi connectivity index (χ3v) is 5.95. The molecule has 0 bridgehead atoms. The summed E-state index contributed by atoms with van der Waals surface area (Å²) in [6.07, 6.45) is 3.70. The number of piperidine rings is 1. The van der Waals surface area contributed by atoms with Crippen LogP contribution in [0.25, 0.3) is 0 Å². The third kappa shape index (κ3) is 6.38. The highest BCUT2D eigenvalue weighted by atomic mass is 16.5. The Labute approximate surface area is 181 Å². The highest BCUT2D eigenvalue weighted by Crippen LogP contribution is 2.28. The van der Waals surface area contributed by atoms with Crippen LogP contribution < -0.4 is 14.2 Å². The van der Waals surface area contributed by atoms with Crippen LogP contribution in [0.15, 0.2) is 42.5 Å². The average Bonchev–Trinajstić information content (AvgIpc) is 2.78. The van der Waals surface area contributed by atoms with E-state index in [2.05, 4.69) is 53.2 Å². The summed E-state index contributed by atoms with van der Waals surface area (Å²) in [5, 5.41) is 0. The first-order chi connectivity index (χ1) is 14.6. The summed E-state index contributed by atoms with van der Waals surface area (Å²) in [7, 11) is 7.29. The lowest BCUT2D eigenvalue weighted by Gasteiger charge is -2.34. The molecule has 1 unspecified atom stereocenters. The minimum atomic E-state index is 0.722. The summed E-state index contributed by atoms with van der Waals surface area (Å²) in [6, 6.07) is 14.7. The monoisotopic (exact) mass is 412 g/mol. The molecule has 5 nitrogen and oxygen atoms in total. The molecule has 1 fully saturated rings. The maximum atomic E-state index is 5.44. The highest BCUT2D eigenvalue weighted by molar-refractivity contribution is 5.42. The lowest BCUT2D eigenvalue weighted by atomic mass is 9.97. The van der Waals surface area contributed by atoms with Gasteiger partial charge in [-0.1, -0.05) is 18.2 Å². The number of likely N-dealkylation sites (tertiary alicyclic amines) is 1. The van der Waals surface area contributed by atoms with Crippen molar-refractivity contribution in [2.24, 2.45) is 5.92 Å². The Kier molecular flexibility index (Phi) is 8.40. The Morgan fingerprint density at radius 2 is 1.67 bits per heavy atom. The van der Waals surface area contributed by atoms with Crippen LogP contribution in [-0.4, -0.2) is 64.4 Å². The number of hydrogen-bond acceptors (Lipinski definition) is 5. The number of rotatable bonds is 10. The van der Waals surface area contributed by atoms with Crippen LogP contribution in [0.2, 0.25) is 0 Å². The van der Waals surface area contributed by atoms with Crippen LogP contribution in [0, 0.1) is 5.92 Å². The average molecular weight is 413 g/mol. The van der Waals surface area contributed by atoms with E-state index in [0.29, 0.717) is 0 Å². The zero-order valence-corrected chi connectivity index (χ0v) is 18.9. The standard InChI is InChI=1S/C25H36N2O3/c1-26(17-21-9-12-24(29-3)25(16-21)30-4)18-22-6-5-14-27(19-22)15-13-20-7-10-23(28-2)11-8-20/h7-12,16,22H,5-6,13-15,17-19H2,1-4H3. The minimum absolute atomic E-state index is 0.722. The molecule has 5 heteroatoms. The second kappa shape index (κ2) is 11.2. The molecule has 0 aliphatic carbocycles. The number of benzene rings is 2. The molecule has 1 aliphatic heterocycles. The fraction of sp³-hybridized carbons (Fsp3) is 0.520. The van der Waals surface area contributed by atoms with Crippen molar-refractivity contribution in [2.75, 3.05) is 54.6 Å². The van der Waals surface area contributed by atoms with Crippen LogP contribution in [0.3, 0.4) is 0 Å². The van der Waals surface area contributed by atoms with E-state index in [-0.39, 0.29) is 0 Å². The molecule has 0 saturated carbocycles. The Bertz CT molecular complexity index is 778. The van der Waals surface area contributed by atoms with Crippen molar-refractivity contribution in [2.45, 2.75) is 25.8 Å². The molecule has 0 N–H and O–H groups in total. The van der Waals surface area contributed by atoms with Crippen molar-refractivity contribution >= 4 is 0 Å². The van der Waals surface area contributed by atoms with E-state index in [0.717, 1.165) is 49.2 Å². The van der Waals surface area contributed by atoms with Crippen LogP contribution in [-0.2, 0) is 13.0 Å². The number of methoxy groups -OCH3 is 3. The van der Waals surface area contributed by atoms with Crippen LogP contribution >= 0.6 is 0 Å². The molecule has 1 aliphatic rings. The first-order valence-electron chi connectivity index (χ1n) is 10.9. The van der Waals surface area contributed by atoms with Gasteiger partial charge in [0.1, 0.15) is 5.75 Å². The van der Waals surface area contributed by atoms with Crippen molar-refractivity contribution in [1.29, 1.82) is 0 Å². The smallest absolute Gasteiger partial charge is 0.161 e. The second-order valence-electron chi connectivity index (χ2n) is 8.29. The van der Waals surface area contributed by atoms with Gasteiger partial charge in [-0.2, -0.15) is 0 Å². The Balaban J connectivity index is 1.46. The molecule has 3 rings (SSSR count). The van der Waals surface area contributed by atoms with Gasteiger partial charge in [0.05, 0.1) is 21.3 Å². The van der Waals surface area contributed by atoms with Crippen LogP contribution in [0.5, 0.6) is 17.2 Å². The molecule has 0 amide bonds. The third-order valence-electron chi connectivity index (χ3n) is 5.95. The summed E-state index contributed by atoms with van der Waals surface area (Å²) in [4.78, 5) is 5.06. The van der Waals surface area contributed by atoms with Gasteiger partial charge in [-0.05, 0) is 74.2 Å². The highest BCUT2D eigenvalue weighted by Gasteiger charge is 2.21. The molecule has 1 heterocycles. The zero-order valence-electron chi connectivity index (χ0n) is 18.9. The topological polar surface area (TPSA) is 34.2 Å². The van der Waals surface area contributed by atoms with E-state index in [9.17, 15) is 0 Å². The molecule has 2 aromatic rings. The summed E-state index contributed by atoms with van der Waals surface area (Å²) >= 11 is 0. The van der Waals surface area contributed by atoms with E-state index in [4.69, 9.17) is 14.2 Å². The quantitative estimate of drug-likeness (QED) is 0.587. The molecule has 0 aromatic heterocycles. The van der Waals surface area contributed by atoms with E-state index >= 15 is 0 Å². The van der Waals surface area contributed by atoms with E-state index in [1.807, 2.05) is 6.07 Å². The van der Waals surface area contributed by atoms with Gasteiger partial charge in [-0.3, -0.25) is 0 Å². The maximum absolute atomic E-state index is 5.44. The summed E-state index contributed by atoms with van der Waals surface area (Å²) in [5.41, 5.74) is 2.63. The van der Waals surface area contributed by atoms with Gasteiger partial charge in [0.15, 0.2) is 11.5 Å². The molecule has 2 aromatic carbocycles. The van der Waals surface area contributed by atoms with Gasteiger partial charge in [-0.25, -0.2) is 0 Å². The normalized spacial score (nSPS) is 17.2. The van der Waals surface area contributed by atoms with Crippen molar-refractivity contribution < 1.29 is 14.2 Å². The van der Waals surface area contributed by atoms with Gasteiger partial charge < -0.3 is 24.0 Å². The first kappa shape index (κ1) is 22.4. The molecule has 1 atom stereocenters. The Morgan fingerprint density at radius 3 is 2.37 bits per heavy atom. The lowest BCUT2D eigenvalue weighted by molar-refractivity contribution is 0.142. The molecule has 0 spiro atoms. The number of nitrogens with zero attached hydrogens (tertiary/aromatic N) is 2. The first-order valence-corrected chi connectivity index (χ1v) is 10.9. The van der Waals surface area contributed by atoms with Gasteiger partial charge >= 0.3 is 0 Å². The van der Waals surface area contributed by atoms with Gasteiger partial charge in [0, 0.05) is 26.2 Å². The van der Waals surface area contributed by atoms with Crippen LogP contribution in [0.4, 0.5) is 0 Å². The van der Waals surface area contributed by atoms with E-state index < -0.39 is 0 Å². The maximum Gasteiger partial charge on any atom is 0.161 e. The minimum Gasteiger partial charge on any atom is -0.497 e. The molecule has 1 saturated heterocycles. The van der Waals surface area contributed by atoms with Crippen molar-refractivity contribution in [3.8, 4) is 17.2 Å². The van der Waals surface area contributed by atoms with Gasteiger partial charge in [0.2, 0.25) is 0 Å². The van der Waals surface area contributed by atoms with E-state index in [1.54, 1.807) is 21.3 Å². The van der Waals surface area contributed by atoms with Crippen molar-refractivity contribution in [1.82, 2.24) is 9.80 Å². The summed E-state index contributed by atoms with van der Waals surface area (Å²) in [5.74, 6) is 3.23. The lowest BCUT2D eigenvalue weighted by Crippen LogP contribution is -2.40. The fourth-order valence-corrected chi connectivity index (χ4v) is 4.38. The summed E-state index contributed by atoms with van der Waals surface area (Å²) < 4.78 is 16.0. The summed E-state index contributed by atoms with van der Waals surface area (Å²) in [6.45, 7) is 5.57. The molecular weight excluding hydrogens is 376 g/mol. The van der Waals surface area contributed by atoms with Crippen molar-refractivity contribution in [3.63, 3.8) is 0 Å². The zero-order chi connectivity index (χ0) is 21.3. The Hall–Kier alpha value is -2.24. The molecule has 164 valence electrons. The fourth-order valence-electron chi connectivity index (χ4n) is 4.38. The second-order valence-corrected chi connectivity index (χ2v) is 8.29.